The van der Waals surface area contributed by atoms with Crippen molar-refractivity contribution in [2.45, 2.75) is 12.5 Å². The maximum absolute atomic E-state index is 13.4. The second-order valence-electron chi connectivity index (χ2n) is 5.11. The molecule has 0 aliphatic heterocycles. The minimum Gasteiger partial charge on any atom is -0.324 e. The third-order valence-electron chi connectivity index (χ3n) is 3.68. The van der Waals surface area contributed by atoms with E-state index in [2.05, 4.69) is 24.3 Å². The summed E-state index contributed by atoms with van der Waals surface area (Å²) in [5.74, 6) is -0.317. The molecular formula is C18H15ClFN. The van der Waals surface area contributed by atoms with E-state index in [-0.39, 0.29) is 11.9 Å². The van der Waals surface area contributed by atoms with Crippen LogP contribution in [0.15, 0.2) is 60.7 Å². The fraction of sp³-hybridized carbons (Fsp3) is 0.111. The van der Waals surface area contributed by atoms with Crippen LogP contribution in [0.3, 0.4) is 0 Å². The molecule has 21 heavy (non-hydrogen) atoms. The second-order valence-corrected chi connectivity index (χ2v) is 5.52. The van der Waals surface area contributed by atoms with Gasteiger partial charge in [0.2, 0.25) is 0 Å². The van der Waals surface area contributed by atoms with E-state index in [1.54, 1.807) is 6.07 Å². The first-order valence-electron chi connectivity index (χ1n) is 6.82. The van der Waals surface area contributed by atoms with Gasteiger partial charge in [-0.05, 0) is 46.5 Å². The molecule has 3 heteroatoms. The summed E-state index contributed by atoms with van der Waals surface area (Å²) in [4.78, 5) is 0. The van der Waals surface area contributed by atoms with E-state index in [1.165, 1.54) is 22.9 Å². The Balaban J connectivity index is 1.96. The molecule has 2 N–H and O–H groups in total. The van der Waals surface area contributed by atoms with E-state index < -0.39 is 0 Å². The lowest BCUT2D eigenvalue weighted by Gasteiger charge is -2.15. The Morgan fingerprint density at radius 2 is 1.76 bits per heavy atom. The van der Waals surface area contributed by atoms with E-state index in [0.717, 1.165) is 5.56 Å². The van der Waals surface area contributed by atoms with Crippen molar-refractivity contribution in [3.05, 3.63) is 82.6 Å². The molecule has 3 rings (SSSR count). The highest BCUT2D eigenvalue weighted by molar-refractivity contribution is 6.31. The maximum atomic E-state index is 13.4. The van der Waals surface area contributed by atoms with Crippen LogP contribution < -0.4 is 5.73 Å². The van der Waals surface area contributed by atoms with Crippen molar-refractivity contribution in [2.75, 3.05) is 0 Å². The second kappa shape index (κ2) is 5.84. The Bertz CT molecular complexity index is 780. The van der Waals surface area contributed by atoms with Crippen molar-refractivity contribution in [3.8, 4) is 0 Å². The van der Waals surface area contributed by atoms with Gasteiger partial charge in [-0.1, -0.05) is 54.1 Å². The molecule has 0 aromatic heterocycles. The van der Waals surface area contributed by atoms with Crippen molar-refractivity contribution >= 4 is 22.4 Å². The van der Waals surface area contributed by atoms with Crippen LogP contribution in [0, 0.1) is 5.82 Å². The first kappa shape index (κ1) is 14.1. The number of hydrogen-bond acceptors (Lipinski definition) is 1. The molecule has 0 bridgehead atoms. The zero-order chi connectivity index (χ0) is 14.8. The Hall–Kier alpha value is -1.90. The zero-order valence-electron chi connectivity index (χ0n) is 11.4. The van der Waals surface area contributed by atoms with Crippen molar-refractivity contribution in [1.29, 1.82) is 0 Å². The van der Waals surface area contributed by atoms with Crippen LogP contribution >= 0.6 is 11.6 Å². The Morgan fingerprint density at radius 3 is 2.62 bits per heavy atom. The zero-order valence-corrected chi connectivity index (χ0v) is 12.1. The van der Waals surface area contributed by atoms with Crippen molar-refractivity contribution in [1.82, 2.24) is 0 Å². The highest BCUT2D eigenvalue weighted by atomic mass is 35.5. The van der Waals surface area contributed by atoms with Gasteiger partial charge in [0.25, 0.3) is 0 Å². The maximum Gasteiger partial charge on any atom is 0.123 e. The van der Waals surface area contributed by atoms with Gasteiger partial charge in [-0.15, -0.1) is 0 Å². The van der Waals surface area contributed by atoms with E-state index in [4.69, 9.17) is 17.3 Å². The minimum absolute atomic E-state index is 0.317. The van der Waals surface area contributed by atoms with Crippen LogP contribution in [0.5, 0.6) is 0 Å². The first-order chi connectivity index (χ1) is 10.1. The molecular weight excluding hydrogens is 285 g/mol. The van der Waals surface area contributed by atoms with E-state index >= 15 is 0 Å². The molecule has 1 nitrogen and oxygen atoms in total. The largest absolute Gasteiger partial charge is 0.324 e. The Labute approximate surface area is 128 Å². The molecule has 1 atom stereocenters. The molecule has 0 aliphatic carbocycles. The van der Waals surface area contributed by atoms with E-state index in [1.807, 2.05) is 18.2 Å². The predicted octanol–water partition coefficient (Wildman–Crippen LogP) is 4.87. The van der Waals surface area contributed by atoms with Gasteiger partial charge in [0.15, 0.2) is 0 Å². The SMILES string of the molecule is NC(Cc1cccc2ccccc12)c1cc(F)ccc1Cl. The van der Waals surface area contributed by atoms with Crippen LogP contribution in [0.4, 0.5) is 4.39 Å². The molecule has 0 saturated carbocycles. The minimum atomic E-state index is -0.334. The Morgan fingerprint density at radius 1 is 1.00 bits per heavy atom. The summed E-state index contributed by atoms with van der Waals surface area (Å²) in [7, 11) is 0. The predicted molar refractivity (Wildman–Crippen MR) is 86.0 cm³/mol. The molecule has 0 amide bonds. The average Bonchev–Trinajstić information content (AvgIpc) is 2.50. The molecule has 0 fully saturated rings. The smallest absolute Gasteiger partial charge is 0.123 e. The van der Waals surface area contributed by atoms with Crippen molar-refractivity contribution in [2.24, 2.45) is 5.73 Å². The number of benzene rings is 3. The topological polar surface area (TPSA) is 26.0 Å². The number of halogens is 2. The highest BCUT2D eigenvalue weighted by Gasteiger charge is 2.13. The number of rotatable bonds is 3. The van der Waals surface area contributed by atoms with Crippen LogP contribution in [-0.2, 0) is 6.42 Å². The summed E-state index contributed by atoms with van der Waals surface area (Å²) in [6.07, 6.45) is 0.616. The summed E-state index contributed by atoms with van der Waals surface area (Å²) in [5, 5.41) is 2.85. The molecule has 106 valence electrons. The van der Waals surface area contributed by atoms with Crippen LogP contribution in [0.1, 0.15) is 17.2 Å². The number of hydrogen-bond donors (Lipinski definition) is 1. The molecule has 0 spiro atoms. The summed E-state index contributed by atoms with van der Waals surface area (Å²) in [6, 6.07) is 18.3. The Kier molecular flexibility index (Phi) is 3.91. The van der Waals surface area contributed by atoms with Crippen LogP contribution in [-0.4, -0.2) is 0 Å². The molecule has 0 heterocycles. The van der Waals surface area contributed by atoms with Gasteiger partial charge in [0, 0.05) is 11.1 Å². The van der Waals surface area contributed by atoms with E-state index in [9.17, 15) is 4.39 Å². The fourth-order valence-corrected chi connectivity index (χ4v) is 2.87. The lowest BCUT2D eigenvalue weighted by Crippen LogP contribution is -2.14. The summed E-state index contributed by atoms with van der Waals surface area (Å²) in [6.45, 7) is 0. The third kappa shape index (κ3) is 2.92. The highest BCUT2D eigenvalue weighted by Crippen LogP contribution is 2.27. The normalized spacial score (nSPS) is 12.5. The quantitative estimate of drug-likeness (QED) is 0.733. The molecule has 0 aliphatic rings. The molecule has 0 saturated heterocycles. The molecule has 3 aromatic carbocycles. The van der Waals surface area contributed by atoms with Gasteiger partial charge in [-0.25, -0.2) is 4.39 Å². The number of fused-ring (bicyclic) bond motifs is 1. The fourth-order valence-electron chi connectivity index (χ4n) is 2.62. The molecule has 3 aromatic rings. The summed E-state index contributed by atoms with van der Waals surface area (Å²) in [5.41, 5.74) is 8.02. The lowest BCUT2D eigenvalue weighted by atomic mass is 9.95. The summed E-state index contributed by atoms with van der Waals surface area (Å²) >= 11 is 6.13. The van der Waals surface area contributed by atoms with E-state index in [0.29, 0.717) is 17.0 Å². The number of nitrogens with two attached hydrogens (primary N) is 1. The summed E-state index contributed by atoms with van der Waals surface area (Å²) < 4.78 is 13.4. The van der Waals surface area contributed by atoms with Crippen LogP contribution in [0.25, 0.3) is 10.8 Å². The van der Waals surface area contributed by atoms with Gasteiger partial charge >= 0.3 is 0 Å². The van der Waals surface area contributed by atoms with Gasteiger partial charge in [0.1, 0.15) is 5.82 Å². The molecule has 1 unspecified atom stereocenters. The van der Waals surface area contributed by atoms with Gasteiger partial charge in [0.05, 0.1) is 0 Å². The monoisotopic (exact) mass is 299 g/mol. The molecule has 0 radical (unpaired) electrons. The van der Waals surface area contributed by atoms with Crippen molar-refractivity contribution < 1.29 is 4.39 Å². The first-order valence-corrected chi connectivity index (χ1v) is 7.20. The van der Waals surface area contributed by atoms with Gasteiger partial charge in [-0.2, -0.15) is 0 Å². The van der Waals surface area contributed by atoms with Gasteiger partial charge in [-0.3, -0.25) is 0 Å². The lowest BCUT2D eigenvalue weighted by molar-refractivity contribution is 0.619. The van der Waals surface area contributed by atoms with Crippen LogP contribution in [0.2, 0.25) is 5.02 Å². The van der Waals surface area contributed by atoms with Crippen molar-refractivity contribution in [3.63, 3.8) is 0 Å². The standard InChI is InChI=1S/C18H15ClFN/c19-17-9-8-14(20)11-16(17)18(21)10-13-6-3-5-12-4-1-2-7-15(12)13/h1-9,11,18H,10,21H2. The van der Waals surface area contributed by atoms with Gasteiger partial charge < -0.3 is 5.73 Å². The average molecular weight is 300 g/mol. The third-order valence-corrected chi connectivity index (χ3v) is 4.02.